The Morgan fingerprint density at radius 3 is 1.77 bits per heavy atom. The van der Waals surface area contributed by atoms with E-state index in [-0.39, 0.29) is 17.1 Å². The monoisotopic (exact) mass is 432 g/mol. The molecular weight excluding hydrogens is 399 g/mol. The van der Waals surface area contributed by atoms with Crippen molar-refractivity contribution in [3.05, 3.63) is 60.7 Å². The van der Waals surface area contributed by atoms with Crippen LogP contribution in [0.2, 0.25) is 0 Å². The number of phenolic OH excluding ortho intramolecular Hbond substituents is 1. The van der Waals surface area contributed by atoms with Crippen LogP contribution in [0.5, 0.6) is 5.75 Å². The summed E-state index contributed by atoms with van der Waals surface area (Å²) >= 11 is 0. The molecule has 0 bridgehead atoms. The molecular formula is C28H33O2P. The highest BCUT2D eigenvalue weighted by molar-refractivity contribution is 7.73. The zero-order valence-corrected chi connectivity index (χ0v) is 19.2. The first-order valence-corrected chi connectivity index (χ1v) is 13.9. The fourth-order valence-corrected chi connectivity index (χ4v) is 10.9. The molecule has 3 aromatic carbocycles. The van der Waals surface area contributed by atoms with Crippen LogP contribution in [0.3, 0.4) is 0 Å². The fraction of sp³-hybridized carbons (Fsp3) is 0.429. The Kier molecular flexibility index (Phi) is 5.93. The van der Waals surface area contributed by atoms with Gasteiger partial charge in [0.25, 0.3) is 0 Å². The number of aromatic hydroxyl groups is 1. The van der Waals surface area contributed by atoms with Gasteiger partial charge in [0.15, 0.2) is 0 Å². The highest BCUT2D eigenvalue weighted by atomic mass is 31.2. The molecule has 31 heavy (non-hydrogen) atoms. The number of hydrogen-bond donors (Lipinski definition) is 1. The van der Waals surface area contributed by atoms with E-state index >= 15 is 4.57 Å². The Morgan fingerprint density at radius 1 is 0.677 bits per heavy atom. The average Bonchev–Trinajstić information content (AvgIpc) is 2.85. The summed E-state index contributed by atoms with van der Waals surface area (Å²) in [5.41, 5.74) is 2.60. The average molecular weight is 433 g/mol. The molecule has 0 atom stereocenters. The summed E-state index contributed by atoms with van der Waals surface area (Å²) in [4.78, 5) is 0. The summed E-state index contributed by atoms with van der Waals surface area (Å²) in [6, 6.07) is 20.3. The quantitative estimate of drug-likeness (QED) is 0.426. The molecule has 2 saturated carbocycles. The molecule has 0 aliphatic heterocycles. The van der Waals surface area contributed by atoms with Crippen LogP contribution in [0.4, 0.5) is 0 Å². The highest BCUT2D eigenvalue weighted by Gasteiger charge is 2.44. The second kappa shape index (κ2) is 8.83. The first-order valence-electron chi connectivity index (χ1n) is 12.1. The van der Waals surface area contributed by atoms with Crippen LogP contribution in [-0.2, 0) is 4.57 Å². The van der Waals surface area contributed by atoms with Gasteiger partial charge in [0.05, 0.1) is 0 Å². The van der Waals surface area contributed by atoms with Gasteiger partial charge in [-0.15, -0.1) is 0 Å². The minimum Gasteiger partial charge on any atom is -0.507 e. The third kappa shape index (κ3) is 3.74. The summed E-state index contributed by atoms with van der Waals surface area (Å²) in [6.45, 7) is 0. The van der Waals surface area contributed by atoms with Gasteiger partial charge in [0, 0.05) is 22.0 Å². The molecule has 3 aromatic rings. The summed E-state index contributed by atoms with van der Waals surface area (Å²) in [5, 5.41) is 13.8. The van der Waals surface area contributed by atoms with Crippen molar-refractivity contribution < 1.29 is 9.67 Å². The van der Waals surface area contributed by atoms with Gasteiger partial charge in [0.1, 0.15) is 12.9 Å². The Hall–Kier alpha value is -2.05. The molecule has 2 aliphatic rings. The molecule has 3 heteroatoms. The third-order valence-electron chi connectivity index (χ3n) is 7.66. The summed E-state index contributed by atoms with van der Waals surface area (Å²) in [6.07, 6.45) is 11.6. The van der Waals surface area contributed by atoms with Crippen LogP contribution in [-0.4, -0.2) is 16.4 Å². The van der Waals surface area contributed by atoms with Crippen LogP contribution < -0.4 is 5.30 Å². The van der Waals surface area contributed by atoms with Crippen LogP contribution in [0.1, 0.15) is 64.2 Å². The topological polar surface area (TPSA) is 37.3 Å². The van der Waals surface area contributed by atoms with E-state index in [4.69, 9.17) is 0 Å². The van der Waals surface area contributed by atoms with Gasteiger partial charge in [-0.2, -0.15) is 0 Å². The normalized spacial score (nSPS) is 19.0. The van der Waals surface area contributed by atoms with E-state index in [0.717, 1.165) is 52.9 Å². The minimum absolute atomic E-state index is 0.278. The van der Waals surface area contributed by atoms with E-state index in [1.54, 1.807) is 0 Å². The van der Waals surface area contributed by atoms with E-state index in [1.165, 1.54) is 38.5 Å². The van der Waals surface area contributed by atoms with Gasteiger partial charge >= 0.3 is 0 Å². The van der Waals surface area contributed by atoms with Crippen molar-refractivity contribution in [1.29, 1.82) is 0 Å². The second-order valence-corrected chi connectivity index (χ2v) is 12.8. The maximum atomic E-state index is 15.6. The molecule has 0 radical (unpaired) electrons. The summed E-state index contributed by atoms with van der Waals surface area (Å²) < 4.78 is 15.6. The lowest BCUT2D eigenvalue weighted by molar-refractivity contribution is 0.453. The Morgan fingerprint density at radius 2 is 1.19 bits per heavy atom. The first-order chi connectivity index (χ1) is 15.2. The molecule has 0 amide bonds. The second-order valence-electron chi connectivity index (χ2n) is 9.50. The van der Waals surface area contributed by atoms with E-state index in [2.05, 4.69) is 18.2 Å². The van der Waals surface area contributed by atoms with E-state index in [1.807, 2.05) is 42.5 Å². The van der Waals surface area contributed by atoms with Crippen molar-refractivity contribution in [2.75, 3.05) is 0 Å². The molecule has 2 fully saturated rings. The lowest BCUT2D eigenvalue weighted by Gasteiger charge is -2.40. The van der Waals surface area contributed by atoms with Gasteiger partial charge in [-0.25, -0.2) is 0 Å². The molecule has 5 rings (SSSR count). The summed E-state index contributed by atoms with van der Waals surface area (Å²) in [7, 11) is -2.70. The Bertz CT molecular complexity index is 1070. The number of fused-ring (bicyclic) bond motifs is 1. The highest BCUT2D eigenvalue weighted by Crippen LogP contribution is 2.64. The lowest BCUT2D eigenvalue weighted by atomic mass is 9.99. The Balaban J connectivity index is 1.82. The van der Waals surface area contributed by atoms with Gasteiger partial charge in [-0.3, -0.25) is 0 Å². The largest absolute Gasteiger partial charge is 0.507 e. The number of hydrogen-bond acceptors (Lipinski definition) is 2. The molecule has 0 spiro atoms. The maximum absolute atomic E-state index is 15.6. The minimum atomic E-state index is -2.70. The van der Waals surface area contributed by atoms with Crippen molar-refractivity contribution >= 4 is 23.2 Å². The maximum Gasteiger partial charge on any atom is 0.124 e. The molecule has 0 unspecified atom stereocenters. The third-order valence-corrected chi connectivity index (χ3v) is 12.0. The molecule has 1 N–H and O–H groups in total. The van der Waals surface area contributed by atoms with Crippen molar-refractivity contribution in [2.24, 2.45) is 0 Å². The van der Waals surface area contributed by atoms with Gasteiger partial charge in [-0.1, -0.05) is 93.1 Å². The molecule has 162 valence electrons. The van der Waals surface area contributed by atoms with Crippen molar-refractivity contribution in [1.82, 2.24) is 0 Å². The number of phenols is 1. The number of rotatable bonds is 4. The van der Waals surface area contributed by atoms with Crippen LogP contribution in [0.15, 0.2) is 60.7 Å². The Labute approximate surface area is 186 Å². The molecule has 2 aliphatic carbocycles. The predicted octanol–water partition coefficient (Wildman–Crippen LogP) is 7.87. The van der Waals surface area contributed by atoms with Gasteiger partial charge in [-0.05, 0) is 48.3 Å². The van der Waals surface area contributed by atoms with Crippen molar-refractivity contribution in [3.8, 4) is 16.9 Å². The van der Waals surface area contributed by atoms with Crippen molar-refractivity contribution in [3.63, 3.8) is 0 Å². The van der Waals surface area contributed by atoms with E-state index in [0.29, 0.717) is 0 Å². The first kappa shape index (κ1) is 20.8. The van der Waals surface area contributed by atoms with Gasteiger partial charge < -0.3 is 9.67 Å². The lowest BCUT2D eigenvalue weighted by Crippen LogP contribution is -2.31. The molecule has 0 heterocycles. The fourth-order valence-electron chi connectivity index (χ4n) is 6.15. The molecule has 0 aromatic heterocycles. The zero-order chi connectivity index (χ0) is 21.3. The molecule has 0 saturated heterocycles. The predicted molar refractivity (Wildman–Crippen MR) is 132 cm³/mol. The zero-order valence-electron chi connectivity index (χ0n) is 18.3. The molecule has 2 nitrogen and oxygen atoms in total. The SMILES string of the molecule is O=P(c1c(-c2ccccc2)cc(O)c2ccccc12)(C1CCCCC1)C1CCCCC1. The van der Waals surface area contributed by atoms with Gasteiger partial charge in [0.2, 0.25) is 0 Å². The van der Waals surface area contributed by atoms with Crippen LogP contribution in [0.25, 0.3) is 21.9 Å². The smallest absolute Gasteiger partial charge is 0.124 e. The van der Waals surface area contributed by atoms with Crippen molar-refractivity contribution in [2.45, 2.75) is 75.5 Å². The summed E-state index contributed by atoms with van der Waals surface area (Å²) in [5.74, 6) is 0.289. The number of benzene rings is 3. The van der Waals surface area contributed by atoms with E-state index in [9.17, 15) is 5.11 Å². The van der Waals surface area contributed by atoms with E-state index < -0.39 is 7.14 Å². The van der Waals surface area contributed by atoms with Crippen LogP contribution >= 0.6 is 7.14 Å². The standard InChI is InChI=1S/C28H33O2P/c29-27-20-26(21-12-4-1-5-13-21)28(25-19-11-10-18-24(25)27)31(30,22-14-6-2-7-15-22)23-16-8-3-9-17-23/h1,4-5,10-13,18-20,22-23,29H,2-3,6-9,14-17H2. The van der Waals surface area contributed by atoms with Crippen LogP contribution in [0, 0.1) is 0 Å².